The van der Waals surface area contributed by atoms with Crippen molar-refractivity contribution in [1.82, 2.24) is 5.32 Å². The first-order chi connectivity index (χ1) is 12.0. The summed E-state index contributed by atoms with van der Waals surface area (Å²) in [5, 5.41) is 3.88. The van der Waals surface area contributed by atoms with Crippen LogP contribution in [0.2, 0.25) is 5.02 Å². The number of carbonyl (C=O) groups excluding carboxylic acids is 2. The second kappa shape index (κ2) is 7.63. The zero-order valence-corrected chi connectivity index (χ0v) is 14.5. The predicted octanol–water partition coefficient (Wildman–Crippen LogP) is 4.17. The molecule has 25 heavy (non-hydrogen) atoms. The van der Waals surface area contributed by atoms with E-state index >= 15 is 0 Å². The van der Waals surface area contributed by atoms with Gasteiger partial charge >= 0.3 is 5.97 Å². The molecule has 7 heteroatoms. The zero-order valence-electron chi connectivity index (χ0n) is 12.9. The van der Waals surface area contributed by atoms with Gasteiger partial charge in [0.25, 0.3) is 5.91 Å². The molecule has 0 spiro atoms. The van der Waals surface area contributed by atoms with Crippen molar-refractivity contribution in [2.45, 2.75) is 6.61 Å². The van der Waals surface area contributed by atoms with Crippen LogP contribution < -0.4 is 5.32 Å². The number of halogens is 2. The summed E-state index contributed by atoms with van der Waals surface area (Å²) >= 11 is 7.73. The van der Waals surface area contributed by atoms with Gasteiger partial charge in [-0.1, -0.05) is 35.9 Å². The molecular weight excluding hydrogens is 365 g/mol. The predicted molar refractivity (Wildman–Crippen MR) is 95.4 cm³/mol. The molecule has 1 heterocycles. The van der Waals surface area contributed by atoms with Crippen molar-refractivity contribution in [2.24, 2.45) is 0 Å². The van der Waals surface area contributed by atoms with Crippen LogP contribution in [0.5, 0.6) is 0 Å². The monoisotopic (exact) mass is 377 g/mol. The third-order valence-electron chi connectivity index (χ3n) is 3.45. The number of amides is 1. The van der Waals surface area contributed by atoms with Crippen LogP contribution in [0.3, 0.4) is 0 Å². The van der Waals surface area contributed by atoms with Gasteiger partial charge in [-0.25, -0.2) is 4.39 Å². The van der Waals surface area contributed by atoms with Crippen molar-refractivity contribution >= 4 is 44.9 Å². The van der Waals surface area contributed by atoms with E-state index in [0.717, 1.165) is 21.0 Å². The van der Waals surface area contributed by atoms with Crippen molar-refractivity contribution in [3.8, 4) is 0 Å². The number of carbonyl (C=O) groups is 2. The van der Waals surface area contributed by atoms with Gasteiger partial charge in [0.1, 0.15) is 19.0 Å². The van der Waals surface area contributed by atoms with Crippen molar-refractivity contribution in [2.75, 3.05) is 6.54 Å². The lowest BCUT2D eigenvalue weighted by atomic mass is 10.2. The molecule has 0 unspecified atom stereocenters. The SMILES string of the molecule is O=C(CNC(=O)c1cccc(F)c1)OCc1sc2ccccc2c1Cl. The number of nitrogens with one attached hydrogen (secondary N) is 1. The van der Waals surface area contributed by atoms with E-state index in [1.54, 1.807) is 0 Å². The smallest absolute Gasteiger partial charge is 0.325 e. The van der Waals surface area contributed by atoms with Gasteiger partial charge < -0.3 is 10.1 Å². The van der Waals surface area contributed by atoms with Gasteiger partial charge in [0.05, 0.1) is 9.90 Å². The number of benzene rings is 2. The molecule has 1 aromatic heterocycles. The highest BCUT2D eigenvalue weighted by atomic mass is 35.5. The van der Waals surface area contributed by atoms with E-state index in [1.807, 2.05) is 24.3 Å². The van der Waals surface area contributed by atoms with Crippen LogP contribution >= 0.6 is 22.9 Å². The van der Waals surface area contributed by atoms with Crippen molar-refractivity contribution in [1.29, 1.82) is 0 Å². The Kier molecular flexibility index (Phi) is 5.31. The minimum absolute atomic E-state index is 0.0346. The third-order valence-corrected chi connectivity index (χ3v) is 5.13. The second-order valence-electron chi connectivity index (χ2n) is 5.19. The Balaban J connectivity index is 1.54. The van der Waals surface area contributed by atoms with Gasteiger partial charge in [0, 0.05) is 15.6 Å². The summed E-state index contributed by atoms with van der Waals surface area (Å²) in [6.07, 6.45) is 0. The average molecular weight is 378 g/mol. The Labute approximate surface area is 152 Å². The Morgan fingerprint density at radius 3 is 2.72 bits per heavy atom. The van der Waals surface area contributed by atoms with Gasteiger partial charge in [0.15, 0.2) is 0 Å². The van der Waals surface area contributed by atoms with Gasteiger partial charge in [-0.05, 0) is 24.3 Å². The molecule has 128 valence electrons. The highest BCUT2D eigenvalue weighted by Crippen LogP contribution is 2.35. The van der Waals surface area contributed by atoms with Gasteiger partial charge in [-0.3, -0.25) is 9.59 Å². The summed E-state index contributed by atoms with van der Waals surface area (Å²) in [6, 6.07) is 12.9. The van der Waals surface area contributed by atoms with Crippen LogP contribution in [-0.4, -0.2) is 18.4 Å². The van der Waals surface area contributed by atoms with Crippen LogP contribution in [0.15, 0.2) is 48.5 Å². The number of ether oxygens (including phenoxy) is 1. The fourth-order valence-electron chi connectivity index (χ4n) is 2.24. The van der Waals surface area contributed by atoms with Crippen LogP contribution in [-0.2, 0) is 16.1 Å². The lowest BCUT2D eigenvalue weighted by molar-refractivity contribution is -0.143. The van der Waals surface area contributed by atoms with Crippen LogP contribution in [0, 0.1) is 5.82 Å². The number of fused-ring (bicyclic) bond motifs is 1. The molecule has 0 bridgehead atoms. The molecule has 4 nitrogen and oxygen atoms in total. The number of thiophene rings is 1. The van der Waals surface area contributed by atoms with E-state index in [0.29, 0.717) is 5.02 Å². The summed E-state index contributed by atoms with van der Waals surface area (Å²) < 4.78 is 19.2. The molecule has 0 aliphatic rings. The largest absolute Gasteiger partial charge is 0.459 e. The Morgan fingerprint density at radius 2 is 1.96 bits per heavy atom. The van der Waals surface area contributed by atoms with Crippen molar-refractivity contribution in [3.63, 3.8) is 0 Å². The fraction of sp³-hybridized carbons (Fsp3) is 0.111. The second-order valence-corrected chi connectivity index (χ2v) is 6.70. The lowest BCUT2D eigenvalue weighted by Gasteiger charge is -2.06. The van der Waals surface area contributed by atoms with E-state index in [-0.39, 0.29) is 18.7 Å². The summed E-state index contributed by atoms with van der Waals surface area (Å²) in [4.78, 5) is 24.4. The Morgan fingerprint density at radius 1 is 1.16 bits per heavy atom. The molecule has 0 fully saturated rings. The highest BCUT2D eigenvalue weighted by molar-refractivity contribution is 7.19. The van der Waals surface area contributed by atoms with Crippen molar-refractivity contribution in [3.05, 3.63) is 69.8 Å². The molecule has 2 aromatic carbocycles. The quantitative estimate of drug-likeness (QED) is 0.679. The molecular formula is C18H13ClFNO3S. The maximum Gasteiger partial charge on any atom is 0.325 e. The first-order valence-corrected chi connectivity index (χ1v) is 8.59. The number of hydrogen-bond acceptors (Lipinski definition) is 4. The van der Waals surface area contributed by atoms with E-state index in [2.05, 4.69) is 5.32 Å². The third kappa shape index (κ3) is 4.15. The van der Waals surface area contributed by atoms with Crippen LogP contribution in [0.4, 0.5) is 4.39 Å². The molecule has 0 radical (unpaired) electrons. The minimum atomic E-state index is -0.599. The summed E-state index contributed by atoms with van der Waals surface area (Å²) in [7, 11) is 0. The van der Waals surface area contributed by atoms with Crippen molar-refractivity contribution < 1.29 is 18.7 Å². The van der Waals surface area contributed by atoms with E-state index in [1.165, 1.54) is 29.5 Å². The number of esters is 1. The maximum atomic E-state index is 13.1. The molecule has 0 aliphatic carbocycles. The van der Waals surface area contributed by atoms with E-state index < -0.39 is 17.7 Å². The molecule has 3 aromatic rings. The van der Waals surface area contributed by atoms with E-state index in [9.17, 15) is 14.0 Å². The summed E-state index contributed by atoms with van der Waals surface area (Å²) in [5.41, 5.74) is 0.139. The molecule has 0 atom stereocenters. The lowest BCUT2D eigenvalue weighted by Crippen LogP contribution is -2.30. The molecule has 3 rings (SSSR count). The topological polar surface area (TPSA) is 55.4 Å². The van der Waals surface area contributed by atoms with Gasteiger partial charge in [-0.15, -0.1) is 11.3 Å². The normalized spacial score (nSPS) is 10.6. The van der Waals surface area contributed by atoms with Crippen LogP contribution in [0.1, 0.15) is 15.2 Å². The standard InChI is InChI=1S/C18H13ClFNO3S/c19-17-13-6-1-2-7-14(13)25-15(17)10-24-16(22)9-21-18(23)11-4-3-5-12(20)8-11/h1-8H,9-10H2,(H,21,23). The molecule has 0 aliphatic heterocycles. The number of rotatable bonds is 5. The maximum absolute atomic E-state index is 13.1. The molecule has 0 saturated carbocycles. The van der Waals surface area contributed by atoms with Gasteiger partial charge in [0.2, 0.25) is 0 Å². The molecule has 1 amide bonds. The van der Waals surface area contributed by atoms with E-state index in [4.69, 9.17) is 16.3 Å². The van der Waals surface area contributed by atoms with Crippen LogP contribution in [0.25, 0.3) is 10.1 Å². The highest BCUT2D eigenvalue weighted by Gasteiger charge is 2.13. The average Bonchev–Trinajstić information content (AvgIpc) is 2.94. The van der Waals surface area contributed by atoms with Gasteiger partial charge in [-0.2, -0.15) is 0 Å². The Hall–Kier alpha value is -2.44. The molecule has 1 N–H and O–H groups in total. The first-order valence-electron chi connectivity index (χ1n) is 7.40. The summed E-state index contributed by atoms with van der Waals surface area (Å²) in [6.45, 7) is -0.273. The summed E-state index contributed by atoms with van der Waals surface area (Å²) in [5.74, 6) is -1.66. The first kappa shape index (κ1) is 17.4. The number of hydrogen-bond donors (Lipinski definition) is 1. The minimum Gasteiger partial charge on any atom is -0.459 e. The zero-order chi connectivity index (χ0) is 17.8. The fourth-order valence-corrected chi connectivity index (χ4v) is 3.64. The Bertz CT molecular complexity index is 941. The molecule has 0 saturated heterocycles.